The van der Waals surface area contributed by atoms with Crippen LogP contribution in [-0.4, -0.2) is 67.1 Å². The molecule has 1 aliphatic heterocycles. The Morgan fingerprint density at radius 1 is 1.39 bits per heavy atom. The van der Waals surface area contributed by atoms with Crippen molar-refractivity contribution in [1.82, 2.24) is 15.0 Å². The average Bonchev–Trinajstić information content (AvgIpc) is 3.16. The van der Waals surface area contributed by atoms with Crippen LogP contribution in [-0.2, 0) is 22.1 Å². The Hall–Kier alpha value is -2.37. The maximum Gasteiger partial charge on any atom is 0.407 e. The van der Waals surface area contributed by atoms with Crippen molar-refractivity contribution < 1.29 is 32.9 Å². The summed E-state index contributed by atoms with van der Waals surface area (Å²) in [5.41, 5.74) is 0.368. The SMILES string of the molecule is O=C(O)N1CCC(OCc2nc(-c3ccc(S(=O)CCO)c(F)c3)no2)CC1. The van der Waals surface area contributed by atoms with Crippen LogP contribution in [0.2, 0.25) is 0 Å². The second-order valence-corrected chi connectivity index (χ2v) is 7.75. The van der Waals surface area contributed by atoms with Crippen LogP contribution in [0.5, 0.6) is 0 Å². The highest BCUT2D eigenvalue weighted by molar-refractivity contribution is 7.85. The number of halogens is 1. The Bertz CT molecular complexity index is 853. The molecular formula is C17H20FN3O6S. The Morgan fingerprint density at radius 2 is 2.14 bits per heavy atom. The van der Waals surface area contributed by atoms with Gasteiger partial charge in [0.1, 0.15) is 12.4 Å². The lowest BCUT2D eigenvalue weighted by atomic mass is 10.1. The Balaban J connectivity index is 1.58. The molecule has 11 heteroatoms. The minimum absolute atomic E-state index is 0.0116. The summed E-state index contributed by atoms with van der Waals surface area (Å²) in [7, 11) is -1.62. The van der Waals surface area contributed by atoms with Crippen LogP contribution >= 0.6 is 0 Å². The van der Waals surface area contributed by atoms with Crippen molar-refractivity contribution >= 4 is 16.9 Å². The van der Waals surface area contributed by atoms with Gasteiger partial charge in [-0.3, -0.25) is 4.21 Å². The molecule has 2 aromatic rings. The number of likely N-dealkylation sites (tertiary alicyclic amines) is 1. The Kier molecular flexibility index (Phi) is 6.70. The number of amides is 1. The summed E-state index contributed by atoms with van der Waals surface area (Å²) >= 11 is 0. The number of benzene rings is 1. The molecule has 1 amide bonds. The normalized spacial score (nSPS) is 16.3. The van der Waals surface area contributed by atoms with Crippen molar-refractivity contribution in [2.24, 2.45) is 0 Å². The molecule has 1 unspecified atom stereocenters. The van der Waals surface area contributed by atoms with Gasteiger partial charge < -0.3 is 24.4 Å². The number of ether oxygens (including phenoxy) is 1. The van der Waals surface area contributed by atoms with Gasteiger partial charge >= 0.3 is 6.09 Å². The van der Waals surface area contributed by atoms with E-state index in [-0.39, 0.29) is 41.7 Å². The lowest BCUT2D eigenvalue weighted by Gasteiger charge is -2.29. The zero-order valence-electron chi connectivity index (χ0n) is 14.9. The fourth-order valence-electron chi connectivity index (χ4n) is 2.85. The molecule has 28 heavy (non-hydrogen) atoms. The molecular weight excluding hydrogens is 393 g/mol. The van der Waals surface area contributed by atoms with Crippen molar-refractivity contribution in [3.63, 3.8) is 0 Å². The van der Waals surface area contributed by atoms with Crippen LogP contribution in [0.3, 0.4) is 0 Å². The van der Waals surface area contributed by atoms with Crippen molar-refractivity contribution in [3.05, 3.63) is 29.9 Å². The fraction of sp³-hybridized carbons (Fsp3) is 0.471. The number of hydrogen-bond donors (Lipinski definition) is 2. The molecule has 0 bridgehead atoms. The smallest absolute Gasteiger partial charge is 0.407 e. The van der Waals surface area contributed by atoms with E-state index in [0.717, 1.165) is 0 Å². The number of carbonyl (C=O) groups is 1. The van der Waals surface area contributed by atoms with E-state index < -0.39 is 22.7 Å². The molecule has 152 valence electrons. The third-order valence-electron chi connectivity index (χ3n) is 4.34. The molecule has 1 fully saturated rings. The first kappa shape index (κ1) is 20.4. The predicted molar refractivity (Wildman–Crippen MR) is 95.5 cm³/mol. The summed E-state index contributed by atoms with van der Waals surface area (Å²) in [5, 5.41) is 21.6. The number of nitrogens with zero attached hydrogens (tertiary/aromatic N) is 3. The molecule has 0 radical (unpaired) electrons. The van der Waals surface area contributed by atoms with Gasteiger partial charge in [-0.2, -0.15) is 4.98 Å². The van der Waals surface area contributed by atoms with Crippen LogP contribution in [0, 0.1) is 5.82 Å². The maximum absolute atomic E-state index is 14.2. The monoisotopic (exact) mass is 413 g/mol. The quantitative estimate of drug-likeness (QED) is 0.702. The van der Waals surface area contributed by atoms with Gasteiger partial charge in [0.05, 0.1) is 34.2 Å². The van der Waals surface area contributed by atoms with Gasteiger partial charge in [-0.1, -0.05) is 5.16 Å². The highest BCUT2D eigenvalue weighted by Gasteiger charge is 2.23. The first-order valence-corrected chi connectivity index (χ1v) is 10.0. The third kappa shape index (κ3) is 4.91. The fourth-order valence-corrected chi connectivity index (χ4v) is 3.73. The topological polar surface area (TPSA) is 126 Å². The molecule has 0 aliphatic carbocycles. The molecule has 0 spiro atoms. The second-order valence-electron chi connectivity index (χ2n) is 6.21. The minimum Gasteiger partial charge on any atom is -0.465 e. The van der Waals surface area contributed by atoms with E-state index in [1.165, 1.54) is 23.1 Å². The number of rotatable bonds is 7. The number of hydrogen-bond acceptors (Lipinski definition) is 7. The van der Waals surface area contributed by atoms with E-state index in [0.29, 0.717) is 31.5 Å². The van der Waals surface area contributed by atoms with Gasteiger partial charge in [0.2, 0.25) is 5.82 Å². The van der Waals surface area contributed by atoms with Crippen molar-refractivity contribution in [1.29, 1.82) is 0 Å². The molecule has 0 saturated carbocycles. The zero-order valence-corrected chi connectivity index (χ0v) is 15.7. The van der Waals surface area contributed by atoms with Gasteiger partial charge in [0.25, 0.3) is 5.89 Å². The first-order valence-electron chi connectivity index (χ1n) is 8.69. The van der Waals surface area contributed by atoms with Crippen LogP contribution < -0.4 is 0 Å². The van der Waals surface area contributed by atoms with Gasteiger partial charge in [0, 0.05) is 18.7 Å². The summed E-state index contributed by atoms with van der Waals surface area (Å²) in [6, 6.07) is 4.08. The summed E-state index contributed by atoms with van der Waals surface area (Å²) in [5.74, 6) is -0.301. The molecule has 1 aliphatic rings. The van der Waals surface area contributed by atoms with Crippen LogP contribution in [0.1, 0.15) is 18.7 Å². The Morgan fingerprint density at radius 3 is 2.79 bits per heavy atom. The summed E-state index contributed by atoms with van der Waals surface area (Å²) in [4.78, 5) is 16.4. The second kappa shape index (κ2) is 9.22. The molecule has 3 rings (SSSR count). The number of piperidine rings is 1. The number of aromatic nitrogens is 2. The largest absolute Gasteiger partial charge is 0.465 e. The molecule has 2 heterocycles. The van der Waals surface area contributed by atoms with Crippen molar-refractivity contribution in [2.45, 2.75) is 30.4 Å². The molecule has 1 saturated heterocycles. The lowest BCUT2D eigenvalue weighted by Crippen LogP contribution is -2.40. The summed E-state index contributed by atoms with van der Waals surface area (Å²) in [6.45, 7) is 0.611. The zero-order chi connectivity index (χ0) is 20.1. The van der Waals surface area contributed by atoms with Crippen LogP contribution in [0.4, 0.5) is 9.18 Å². The van der Waals surface area contributed by atoms with Crippen LogP contribution in [0.25, 0.3) is 11.4 Å². The predicted octanol–water partition coefficient (Wildman–Crippen LogP) is 1.63. The molecule has 1 atom stereocenters. The van der Waals surface area contributed by atoms with Crippen LogP contribution in [0.15, 0.2) is 27.6 Å². The van der Waals surface area contributed by atoms with E-state index in [4.69, 9.17) is 19.5 Å². The number of aliphatic hydroxyl groups excluding tert-OH is 1. The standard InChI is InChI=1S/C17H20FN3O6S/c18-13-9-11(1-2-14(13)28(25)8-7-22)16-19-15(27-20-16)10-26-12-3-5-21(6-4-12)17(23)24/h1-2,9,12,22H,3-8,10H2,(H,23,24). The van der Waals surface area contributed by atoms with Crippen molar-refractivity contribution in [3.8, 4) is 11.4 Å². The maximum atomic E-state index is 14.2. The molecule has 1 aromatic heterocycles. The molecule has 1 aromatic carbocycles. The third-order valence-corrected chi connectivity index (χ3v) is 5.71. The highest BCUT2D eigenvalue weighted by atomic mass is 32.2. The van der Waals surface area contributed by atoms with E-state index in [1.807, 2.05) is 0 Å². The summed E-state index contributed by atoms with van der Waals surface area (Å²) < 4.78 is 36.8. The number of carboxylic acid groups (broad SMARTS) is 1. The van der Waals surface area contributed by atoms with Gasteiger partial charge in [0.15, 0.2) is 0 Å². The van der Waals surface area contributed by atoms with Gasteiger partial charge in [-0.15, -0.1) is 0 Å². The molecule has 9 nitrogen and oxygen atoms in total. The van der Waals surface area contributed by atoms with E-state index in [2.05, 4.69) is 10.1 Å². The van der Waals surface area contributed by atoms with E-state index in [1.54, 1.807) is 0 Å². The molecule has 2 N–H and O–H groups in total. The number of aliphatic hydroxyl groups is 1. The highest BCUT2D eigenvalue weighted by Crippen LogP contribution is 2.22. The van der Waals surface area contributed by atoms with Gasteiger partial charge in [-0.25, -0.2) is 9.18 Å². The van der Waals surface area contributed by atoms with E-state index >= 15 is 0 Å². The lowest BCUT2D eigenvalue weighted by molar-refractivity contribution is -0.00953. The average molecular weight is 413 g/mol. The first-order chi connectivity index (χ1) is 13.5. The summed E-state index contributed by atoms with van der Waals surface area (Å²) in [6.07, 6.45) is 0.151. The Labute approximate surface area is 162 Å². The minimum atomic E-state index is -1.62. The van der Waals surface area contributed by atoms with Crippen molar-refractivity contribution in [2.75, 3.05) is 25.4 Å². The van der Waals surface area contributed by atoms with E-state index in [9.17, 15) is 13.4 Å². The van der Waals surface area contributed by atoms with Gasteiger partial charge in [-0.05, 0) is 31.0 Å².